The number of methoxy groups -OCH3 is 1. The van der Waals surface area contributed by atoms with E-state index in [0.29, 0.717) is 35.0 Å². The van der Waals surface area contributed by atoms with Crippen LogP contribution < -0.4 is 21.1 Å². The van der Waals surface area contributed by atoms with E-state index < -0.39 is 35.8 Å². The van der Waals surface area contributed by atoms with Crippen molar-refractivity contribution in [1.82, 2.24) is 10.6 Å². The number of carbonyl (C=O) groups excluding carboxylic acids is 2. The fourth-order valence-electron chi connectivity index (χ4n) is 3.23. The highest BCUT2D eigenvalue weighted by Gasteiger charge is 2.48. The number of guanidine groups is 1. The zero-order chi connectivity index (χ0) is 24.8. The number of benzene rings is 1. The number of aryl methyl sites for hydroxylation is 1. The van der Waals surface area contributed by atoms with E-state index in [1.54, 1.807) is 13.0 Å². The van der Waals surface area contributed by atoms with Crippen LogP contribution in [0.4, 0.5) is 13.2 Å². The number of carbonyl (C=O) groups is 2. The van der Waals surface area contributed by atoms with Crippen LogP contribution in [0.25, 0.3) is 6.08 Å². The van der Waals surface area contributed by atoms with Crippen molar-refractivity contribution in [2.24, 2.45) is 10.9 Å². The third-order valence-corrected chi connectivity index (χ3v) is 5.24. The van der Waals surface area contributed by atoms with Crippen LogP contribution >= 0.6 is 15.9 Å². The minimum absolute atomic E-state index is 0.0276. The maximum absolute atomic E-state index is 13.7. The molecule has 33 heavy (non-hydrogen) atoms. The van der Waals surface area contributed by atoms with E-state index in [0.717, 1.165) is 13.2 Å². The number of fused-ring (bicyclic) bond motifs is 1. The van der Waals surface area contributed by atoms with Crippen molar-refractivity contribution in [2.75, 3.05) is 13.7 Å². The summed E-state index contributed by atoms with van der Waals surface area (Å²) in [6.45, 7) is 1.91. The molecule has 1 aliphatic heterocycles. The molecule has 5 N–H and O–H groups in total. The maximum Gasteiger partial charge on any atom is 0.429 e. The van der Waals surface area contributed by atoms with Crippen molar-refractivity contribution in [1.29, 1.82) is 0 Å². The van der Waals surface area contributed by atoms with E-state index >= 15 is 0 Å². The summed E-state index contributed by atoms with van der Waals surface area (Å²) >= 11 is 3.27. The number of nitrogens with zero attached hydrogens (tertiary/aromatic N) is 1. The minimum Gasteiger partial charge on any atom is -0.475 e. The standard InChI is InChI=1S/C20H24BrF3N4O5/c1-10-7-12(21)8-11-9-13(16(20(22,23)24)33-15(10)11)17(29)27-14(18(30)32-2)5-3-4-6-26-19(25)28-31/h7-9,14,16,31H,3-6H2,1-2H3,(H,27,29)(H3,25,26,28)/t14?,16-/m0/s1. The first-order valence-electron chi connectivity index (χ1n) is 9.83. The van der Waals surface area contributed by atoms with Crippen molar-refractivity contribution in [3.8, 4) is 5.75 Å². The summed E-state index contributed by atoms with van der Waals surface area (Å²) in [5, 5.41) is 16.1. The molecule has 0 saturated heterocycles. The van der Waals surface area contributed by atoms with Gasteiger partial charge in [-0.2, -0.15) is 13.2 Å². The molecule has 1 amide bonds. The van der Waals surface area contributed by atoms with Gasteiger partial charge in [-0.05, 0) is 50.0 Å². The Balaban J connectivity index is 2.21. The number of ether oxygens (including phenoxy) is 2. The minimum atomic E-state index is -4.86. The molecule has 2 rings (SSSR count). The highest BCUT2D eigenvalue weighted by atomic mass is 79.9. The predicted molar refractivity (Wildman–Crippen MR) is 117 cm³/mol. The summed E-state index contributed by atoms with van der Waals surface area (Å²) in [7, 11) is 1.11. The lowest BCUT2D eigenvalue weighted by Gasteiger charge is -2.30. The van der Waals surface area contributed by atoms with Gasteiger partial charge in [0.05, 0.1) is 12.7 Å². The molecule has 1 unspecified atom stereocenters. The number of hydrogen-bond donors (Lipinski definition) is 4. The summed E-state index contributed by atoms with van der Waals surface area (Å²) in [6, 6.07) is 1.97. The summed E-state index contributed by atoms with van der Waals surface area (Å²) in [5.41, 5.74) is 5.38. The third kappa shape index (κ3) is 7.01. The van der Waals surface area contributed by atoms with Gasteiger partial charge in [0.1, 0.15) is 11.8 Å². The average Bonchev–Trinajstić information content (AvgIpc) is 2.75. The van der Waals surface area contributed by atoms with Gasteiger partial charge in [-0.1, -0.05) is 21.1 Å². The molecule has 0 bridgehead atoms. The lowest BCUT2D eigenvalue weighted by molar-refractivity contribution is -0.185. The number of rotatable bonds is 8. The highest BCUT2D eigenvalue weighted by molar-refractivity contribution is 9.10. The van der Waals surface area contributed by atoms with E-state index in [2.05, 4.69) is 36.5 Å². The zero-order valence-electron chi connectivity index (χ0n) is 17.8. The number of esters is 1. The monoisotopic (exact) mass is 536 g/mol. The topological polar surface area (TPSA) is 135 Å². The number of alkyl halides is 3. The summed E-state index contributed by atoms with van der Waals surface area (Å²) in [5.74, 6) is -2.05. The van der Waals surface area contributed by atoms with E-state index in [1.165, 1.54) is 6.07 Å². The molecule has 0 aliphatic carbocycles. The smallest absolute Gasteiger partial charge is 0.429 e. The van der Waals surface area contributed by atoms with Crippen LogP contribution in [-0.4, -0.2) is 55.0 Å². The Bertz CT molecular complexity index is 952. The lowest BCUT2D eigenvalue weighted by Crippen LogP contribution is -2.48. The van der Waals surface area contributed by atoms with Gasteiger partial charge >= 0.3 is 12.1 Å². The van der Waals surface area contributed by atoms with Crippen molar-refractivity contribution in [2.45, 2.75) is 44.5 Å². The SMILES string of the molecule is COC(=O)C(CCCCN/C(N)=N\O)NC(=O)C1=Cc2cc(Br)cc(C)c2O[C@@H]1C(F)(F)F. The molecule has 9 nitrogen and oxygen atoms in total. The molecule has 0 saturated carbocycles. The van der Waals surface area contributed by atoms with Crippen molar-refractivity contribution in [3.05, 3.63) is 33.3 Å². The summed E-state index contributed by atoms with van der Waals surface area (Å²) in [4.78, 5) is 24.9. The molecule has 0 fully saturated rings. The van der Waals surface area contributed by atoms with Gasteiger partial charge in [0, 0.05) is 16.6 Å². The number of nitrogens with one attached hydrogen (secondary N) is 2. The van der Waals surface area contributed by atoms with Crippen LogP contribution in [0.5, 0.6) is 5.75 Å². The number of hydrogen-bond acceptors (Lipinski definition) is 6. The highest BCUT2D eigenvalue weighted by Crippen LogP contribution is 2.40. The maximum atomic E-state index is 13.7. The van der Waals surface area contributed by atoms with Crippen molar-refractivity contribution in [3.63, 3.8) is 0 Å². The van der Waals surface area contributed by atoms with Crippen LogP contribution in [0, 0.1) is 6.92 Å². The summed E-state index contributed by atoms with van der Waals surface area (Å²) in [6.07, 6.45) is -5.29. The average molecular weight is 537 g/mol. The largest absolute Gasteiger partial charge is 0.475 e. The van der Waals surface area contributed by atoms with Crippen LogP contribution in [0.3, 0.4) is 0 Å². The quantitative estimate of drug-likeness (QED) is 0.100. The molecule has 1 heterocycles. The van der Waals surface area contributed by atoms with E-state index in [1.807, 2.05) is 0 Å². The number of unbranched alkanes of at least 4 members (excludes halogenated alkanes) is 1. The van der Waals surface area contributed by atoms with Gasteiger partial charge in [-0.15, -0.1) is 0 Å². The molecular formula is C20H24BrF3N4O5. The molecule has 1 aromatic carbocycles. The van der Waals surface area contributed by atoms with Crippen molar-refractivity contribution < 1.29 is 37.4 Å². The van der Waals surface area contributed by atoms with E-state index in [-0.39, 0.29) is 18.1 Å². The first kappa shape index (κ1) is 26.3. The number of halogens is 4. The molecule has 1 aromatic rings. The molecule has 0 spiro atoms. The second-order valence-corrected chi connectivity index (χ2v) is 8.15. The van der Waals surface area contributed by atoms with Gasteiger partial charge in [-0.25, -0.2) is 4.79 Å². The third-order valence-electron chi connectivity index (χ3n) is 4.78. The van der Waals surface area contributed by atoms with E-state index in [4.69, 9.17) is 15.7 Å². The number of oxime groups is 1. The van der Waals surface area contributed by atoms with Crippen LogP contribution in [0.2, 0.25) is 0 Å². The van der Waals surface area contributed by atoms with E-state index in [9.17, 15) is 22.8 Å². The second kappa shape index (κ2) is 11.3. The number of nitrogens with two attached hydrogens (primary N) is 1. The van der Waals surface area contributed by atoms with Crippen molar-refractivity contribution >= 4 is 39.8 Å². The fourth-order valence-corrected chi connectivity index (χ4v) is 3.82. The van der Waals surface area contributed by atoms with Gasteiger partial charge in [0.25, 0.3) is 5.91 Å². The Morgan fingerprint density at radius 3 is 2.67 bits per heavy atom. The Kier molecular flexibility index (Phi) is 8.97. The second-order valence-electron chi connectivity index (χ2n) is 7.24. The van der Waals surface area contributed by atoms with Gasteiger partial charge in [0.15, 0.2) is 0 Å². The Hall–Kier alpha value is -2.96. The Morgan fingerprint density at radius 1 is 1.36 bits per heavy atom. The Labute approximate surface area is 196 Å². The molecule has 13 heteroatoms. The van der Waals surface area contributed by atoms with Crippen LogP contribution in [0.15, 0.2) is 27.3 Å². The van der Waals surface area contributed by atoms with Crippen LogP contribution in [0.1, 0.15) is 30.4 Å². The van der Waals surface area contributed by atoms with Gasteiger partial charge in [0.2, 0.25) is 12.1 Å². The van der Waals surface area contributed by atoms with Gasteiger partial charge < -0.3 is 31.0 Å². The molecular weight excluding hydrogens is 513 g/mol. The molecule has 182 valence electrons. The predicted octanol–water partition coefficient (Wildman–Crippen LogP) is 2.59. The van der Waals surface area contributed by atoms with Gasteiger partial charge in [-0.3, -0.25) is 4.79 Å². The Morgan fingerprint density at radius 2 is 2.06 bits per heavy atom. The normalized spacial score (nSPS) is 16.7. The lowest BCUT2D eigenvalue weighted by atomic mass is 9.98. The first-order valence-corrected chi connectivity index (χ1v) is 10.6. The molecule has 0 aromatic heterocycles. The number of amides is 1. The molecule has 0 radical (unpaired) electrons. The fraction of sp³-hybridized carbons (Fsp3) is 0.450. The molecule has 1 aliphatic rings. The molecule has 2 atom stereocenters. The van der Waals surface area contributed by atoms with Crippen LogP contribution in [-0.2, 0) is 14.3 Å². The zero-order valence-corrected chi connectivity index (χ0v) is 19.4. The first-order chi connectivity index (χ1) is 15.5. The summed E-state index contributed by atoms with van der Waals surface area (Å²) < 4.78 is 51.6.